The predicted octanol–water partition coefficient (Wildman–Crippen LogP) is 1.43. The number of imide groups is 1. The number of hydrogen-bond acceptors (Lipinski definition) is 5. The van der Waals surface area contributed by atoms with Crippen molar-refractivity contribution in [3.63, 3.8) is 0 Å². The number of esters is 1. The molecule has 0 saturated heterocycles. The fourth-order valence-corrected chi connectivity index (χ4v) is 1.67. The van der Waals surface area contributed by atoms with E-state index in [-0.39, 0.29) is 17.5 Å². The molecule has 0 saturated carbocycles. The molecule has 8 heteroatoms. The van der Waals surface area contributed by atoms with E-state index in [1.54, 1.807) is 19.1 Å². The van der Waals surface area contributed by atoms with Crippen LogP contribution in [0.5, 0.6) is 0 Å². The van der Waals surface area contributed by atoms with Crippen molar-refractivity contribution in [2.75, 3.05) is 11.9 Å². The lowest BCUT2D eigenvalue weighted by Crippen LogP contribution is -2.44. The first-order valence-corrected chi connectivity index (χ1v) is 7.47. The summed E-state index contributed by atoms with van der Waals surface area (Å²) in [5.74, 6) is -1.74. The second-order valence-corrected chi connectivity index (χ2v) is 5.17. The Morgan fingerprint density at radius 2 is 1.92 bits per heavy atom. The molecule has 24 heavy (non-hydrogen) atoms. The Kier molecular flexibility index (Phi) is 7.41. The first kappa shape index (κ1) is 19.1. The van der Waals surface area contributed by atoms with Gasteiger partial charge in [0.2, 0.25) is 5.91 Å². The SMILES string of the molecule is CC[C@@H](C)NC(=O)NC(=O)COC(=O)c1cccc(NC(C)=O)c1. The minimum absolute atomic E-state index is 0.0723. The van der Waals surface area contributed by atoms with Gasteiger partial charge in [-0.15, -0.1) is 0 Å². The van der Waals surface area contributed by atoms with E-state index in [0.29, 0.717) is 5.69 Å². The number of carbonyl (C=O) groups excluding carboxylic acids is 4. The smallest absolute Gasteiger partial charge is 0.338 e. The molecule has 0 radical (unpaired) electrons. The van der Waals surface area contributed by atoms with E-state index < -0.39 is 24.5 Å². The summed E-state index contributed by atoms with van der Waals surface area (Å²) in [7, 11) is 0. The van der Waals surface area contributed by atoms with Gasteiger partial charge in [0.25, 0.3) is 5.91 Å². The molecule has 0 bridgehead atoms. The third kappa shape index (κ3) is 6.91. The largest absolute Gasteiger partial charge is 0.452 e. The van der Waals surface area contributed by atoms with Crippen LogP contribution in [0, 0.1) is 0 Å². The normalized spacial score (nSPS) is 11.1. The molecule has 0 aliphatic heterocycles. The highest BCUT2D eigenvalue weighted by Gasteiger charge is 2.14. The third-order valence-electron chi connectivity index (χ3n) is 3.00. The highest BCUT2D eigenvalue weighted by molar-refractivity contribution is 5.97. The minimum atomic E-state index is -0.736. The molecule has 4 amide bonds. The van der Waals surface area contributed by atoms with Gasteiger partial charge in [0, 0.05) is 18.7 Å². The zero-order chi connectivity index (χ0) is 18.1. The molecule has 1 aromatic rings. The molecule has 1 atom stereocenters. The first-order valence-electron chi connectivity index (χ1n) is 7.47. The van der Waals surface area contributed by atoms with E-state index in [9.17, 15) is 19.2 Å². The second kappa shape index (κ2) is 9.29. The number of urea groups is 1. The Balaban J connectivity index is 2.49. The van der Waals surface area contributed by atoms with Crippen LogP contribution < -0.4 is 16.0 Å². The number of rotatable bonds is 6. The van der Waals surface area contributed by atoms with Crippen molar-refractivity contribution in [3.05, 3.63) is 29.8 Å². The average molecular weight is 335 g/mol. The Morgan fingerprint density at radius 1 is 1.21 bits per heavy atom. The second-order valence-electron chi connectivity index (χ2n) is 5.17. The van der Waals surface area contributed by atoms with E-state index >= 15 is 0 Å². The summed E-state index contributed by atoms with van der Waals surface area (Å²) in [6, 6.07) is 5.39. The van der Waals surface area contributed by atoms with Gasteiger partial charge in [-0.05, 0) is 31.5 Å². The highest BCUT2D eigenvalue weighted by Crippen LogP contribution is 2.11. The topological polar surface area (TPSA) is 114 Å². The lowest BCUT2D eigenvalue weighted by Gasteiger charge is -2.12. The van der Waals surface area contributed by atoms with Gasteiger partial charge in [0.1, 0.15) is 0 Å². The number of carbonyl (C=O) groups is 4. The molecule has 3 N–H and O–H groups in total. The molecule has 0 heterocycles. The van der Waals surface area contributed by atoms with Crippen molar-refractivity contribution in [3.8, 4) is 0 Å². The van der Waals surface area contributed by atoms with Crippen LogP contribution in [0.15, 0.2) is 24.3 Å². The predicted molar refractivity (Wildman–Crippen MR) is 87.5 cm³/mol. The standard InChI is InChI=1S/C16H21N3O5/c1-4-10(2)17-16(23)19-14(21)9-24-15(22)12-6-5-7-13(8-12)18-11(3)20/h5-8,10H,4,9H2,1-3H3,(H,18,20)(H2,17,19,21,23)/t10-/m1/s1. The quantitative estimate of drug-likeness (QED) is 0.681. The maximum Gasteiger partial charge on any atom is 0.338 e. The lowest BCUT2D eigenvalue weighted by atomic mass is 10.2. The van der Waals surface area contributed by atoms with Crippen molar-refractivity contribution >= 4 is 29.5 Å². The summed E-state index contributed by atoms with van der Waals surface area (Å²) in [5, 5.41) is 7.16. The van der Waals surface area contributed by atoms with Crippen molar-refractivity contribution in [1.82, 2.24) is 10.6 Å². The Morgan fingerprint density at radius 3 is 2.54 bits per heavy atom. The van der Waals surface area contributed by atoms with Crippen molar-refractivity contribution in [2.45, 2.75) is 33.2 Å². The Hall–Kier alpha value is -2.90. The zero-order valence-electron chi connectivity index (χ0n) is 13.8. The van der Waals surface area contributed by atoms with E-state index in [4.69, 9.17) is 4.74 Å². The van der Waals surface area contributed by atoms with Gasteiger partial charge in [0.05, 0.1) is 5.56 Å². The molecule has 0 aliphatic carbocycles. The first-order chi connectivity index (χ1) is 11.3. The van der Waals surface area contributed by atoms with Crippen LogP contribution in [-0.4, -0.2) is 36.5 Å². The van der Waals surface area contributed by atoms with Crippen molar-refractivity contribution in [1.29, 1.82) is 0 Å². The molecule has 130 valence electrons. The van der Waals surface area contributed by atoms with Gasteiger partial charge in [0.15, 0.2) is 6.61 Å². The number of ether oxygens (including phenoxy) is 1. The third-order valence-corrected chi connectivity index (χ3v) is 3.00. The number of anilines is 1. The maximum atomic E-state index is 11.9. The van der Waals surface area contributed by atoms with E-state index in [1.165, 1.54) is 19.1 Å². The average Bonchev–Trinajstić information content (AvgIpc) is 2.51. The van der Waals surface area contributed by atoms with E-state index in [1.807, 2.05) is 6.92 Å². The van der Waals surface area contributed by atoms with Crippen LogP contribution in [0.2, 0.25) is 0 Å². The molecule has 0 aromatic heterocycles. The van der Waals surface area contributed by atoms with Crippen LogP contribution >= 0.6 is 0 Å². The Labute approximate surface area is 139 Å². The molecule has 1 aromatic carbocycles. The monoisotopic (exact) mass is 335 g/mol. The summed E-state index contributed by atoms with van der Waals surface area (Å²) >= 11 is 0. The van der Waals surface area contributed by atoms with Crippen LogP contribution in [0.1, 0.15) is 37.6 Å². The summed E-state index contributed by atoms with van der Waals surface area (Å²) < 4.78 is 4.84. The summed E-state index contributed by atoms with van der Waals surface area (Å²) in [6.45, 7) is 4.45. The van der Waals surface area contributed by atoms with Crippen LogP contribution in [0.25, 0.3) is 0 Å². The van der Waals surface area contributed by atoms with E-state index in [2.05, 4.69) is 16.0 Å². The molecule has 1 rings (SSSR count). The van der Waals surface area contributed by atoms with E-state index in [0.717, 1.165) is 6.42 Å². The highest BCUT2D eigenvalue weighted by atomic mass is 16.5. The van der Waals surface area contributed by atoms with Gasteiger partial charge < -0.3 is 15.4 Å². The zero-order valence-corrected chi connectivity index (χ0v) is 13.8. The van der Waals surface area contributed by atoms with Gasteiger partial charge in [-0.2, -0.15) is 0 Å². The molecular weight excluding hydrogens is 314 g/mol. The number of nitrogens with one attached hydrogen (secondary N) is 3. The lowest BCUT2D eigenvalue weighted by molar-refractivity contribution is -0.123. The minimum Gasteiger partial charge on any atom is -0.452 e. The number of hydrogen-bond donors (Lipinski definition) is 3. The summed E-state index contributed by atoms with van der Waals surface area (Å²) in [6.07, 6.45) is 0.723. The summed E-state index contributed by atoms with van der Waals surface area (Å²) in [5.41, 5.74) is 0.618. The van der Waals surface area contributed by atoms with Gasteiger partial charge in [-0.1, -0.05) is 13.0 Å². The molecule has 0 fully saturated rings. The van der Waals surface area contributed by atoms with Crippen LogP contribution in [-0.2, 0) is 14.3 Å². The van der Waals surface area contributed by atoms with Crippen molar-refractivity contribution in [2.24, 2.45) is 0 Å². The number of benzene rings is 1. The molecule has 8 nitrogen and oxygen atoms in total. The van der Waals surface area contributed by atoms with Gasteiger partial charge >= 0.3 is 12.0 Å². The molecule has 0 aliphatic rings. The van der Waals surface area contributed by atoms with Crippen LogP contribution in [0.3, 0.4) is 0 Å². The maximum absolute atomic E-state index is 11.9. The number of amides is 4. The van der Waals surface area contributed by atoms with Crippen molar-refractivity contribution < 1.29 is 23.9 Å². The fraction of sp³-hybridized carbons (Fsp3) is 0.375. The molecule has 0 spiro atoms. The Bertz CT molecular complexity index is 630. The van der Waals surface area contributed by atoms with Crippen LogP contribution in [0.4, 0.5) is 10.5 Å². The fourth-order valence-electron chi connectivity index (χ4n) is 1.67. The van der Waals surface area contributed by atoms with Gasteiger partial charge in [-0.3, -0.25) is 14.9 Å². The summed E-state index contributed by atoms with van der Waals surface area (Å²) in [4.78, 5) is 45.9. The van der Waals surface area contributed by atoms with Gasteiger partial charge in [-0.25, -0.2) is 9.59 Å². The molecule has 0 unspecified atom stereocenters. The molecular formula is C16H21N3O5.